The van der Waals surface area contributed by atoms with Crippen LogP contribution in [0.4, 0.5) is 5.69 Å². The first-order valence-electron chi connectivity index (χ1n) is 8.36. The van der Waals surface area contributed by atoms with Crippen molar-refractivity contribution in [3.63, 3.8) is 0 Å². The Balaban J connectivity index is 1.59. The highest BCUT2D eigenvalue weighted by Gasteiger charge is 2.31. The Morgan fingerprint density at radius 1 is 1.24 bits per heavy atom. The highest BCUT2D eigenvalue weighted by molar-refractivity contribution is 5.52. The number of aromatic nitrogens is 1. The van der Waals surface area contributed by atoms with Gasteiger partial charge in [-0.3, -0.25) is 9.88 Å². The van der Waals surface area contributed by atoms with Gasteiger partial charge in [0.25, 0.3) is 0 Å². The van der Waals surface area contributed by atoms with E-state index in [-0.39, 0.29) is 0 Å². The van der Waals surface area contributed by atoms with Crippen LogP contribution in [0.5, 0.6) is 0 Å². The number of piperazine rings is 1. The lowest BCUT2D eigenvalue weighted by Crippen LogP contribution is -2.47. The van der Waals surface area contributed by atoms with E-state index in [4.69, 9.17) is 0 Å². The fourth-order valence-electron chi connectivity index (χ4n) is 3.11. The Labute approximate surface area is 128 Å². The monoisotopic (exact) mass is 288 g/mol. The fourth-order valence-corrected chi connectivity index (χ4v) is 3.11. The van der Waals surface area contributed by atoms with E-state index in [9.17, 15) is 0 Å². The molecule has 4 nitrogen and oxygen atoms in total. The summed E-state index contributed by atoms with van der Waals surface area (Å²) >= 11 is 0. The number of anilines is 1. The molecule has 0 aromatic carbocycles. The summed E-state index contributed by atoms with van der Waals surface area (Å²) in [7, 11) is 0. The molecule has 116 valence electrons. The van der Waals surface area contributed by atoms with Crippen molar-refractivity contribution in [2.45, 2.75) is 39.3 Å². The molecule has 1 saturated heterocycles. The summed E-state index contributed by atoms with van der Waals surface area (Å²) < 4.78 is 0. The van der Waals surface area contributed by atoms with Gasteiger partial charge in [0, 0.05) is 45.0 Å². The average Bonchev–Trinajstić information content (AvgIpc) is 3.32. The molecule has 1 aromatic heterocycles. The lowest BCUT2D eigenvalue weighted by molar-refractivity contribution is 0.248. The number of pyridine rings is 1. The van der Waals surface area contributed by atoms with Crippen LogP contribution in [0.3, 0.4) is 0 Å². The third kappa shape index (κ3) is 3.95. The molecule has 0 amide bonds. The number of hydrogen-bond donors (Lipinski definition) is 1. The molecule has 1 aliphatic carbocycles. The van der Waals surface area contributed by atoms with Crippen LogP contribution in [-0.4, -0.2) is 48.6 Å². The SMILES string of the molecule is CC(C)CNCc1ccncc1N1CCN(C2CC2)CC1. The molecule has 0 unspecified atom stereocenters. The summed E-state index contributed by atoms with van der Waals surface area (Å²) in [5.74, 6) is 0.692. The smallest absolute Gasteiger partial charge is 0.0599 e. The summed E-state index contributed by atoms with van der Waals surface area (Å²) in [5.41, 5.74) is 2.70. The zero-order valence-corrected chi connectivity index (χ0v) is 13.4. The first-order valence-corrected chi connectivity index (χ1v) is 8.36. The lowest BCUT2D eigenvalue weighted by Gasteiger charge is -2.37. The van der Waals surface area contributed by atoms with Crippen LogP contribution >= 0.6 is 0 Å². The van der Waals surface area contributed by atoms with Gasteiger partial charge >= 0.3 is 0 Å². The third-order valence-corrected chi connectivity index (χ3v) is 4.47. The Kier molecular flexibility index (Phi) is 4.76. The molecule has 2 aliphatic rings. The summed E-state index contributed by atoms with van der Waals surface area (Å²) in [6.07, 6.45) is 6.78. The van der Waals surface area contributed by atoms with Crippen LogP contribution in [0.2, 0.25) is 0 Å². The summed E-state index contributed by atoms with van der Waals surface area (Å²) in [5, 5.41) is 3.55. The molecule has 2 heterocycles. The van der Waals surface area contributed by atoms with Crippen LogP contribution in [0.15, 0.2) is 18.5 Å². The van der Waals surface area contributed by atoms with E-state index >= 15 is 0 Å². The number of nitrogens with one attached hydrogen (secondary N) is 1. The molecule has 1 aliphatic heterocycles. The maximum Gasteiger partial charge on any atom is 0.0599 e. The normalized spacial score (nSPS) is 20.2. The molecule has 1 saturated carbocycles. The van der Waals surface area contributed by atoms with Gasteiger partial charge < -0.3 is 10.2 Å². The van der Waals surface area contributed by atoms with Gasteiger partial charge in [-0.15, -0.1) is 0 Å². The highest BCUT2D eigenvalue weighted by Crippen LogP contribution is 2.29. The molecule has 0 radical (unpaired) electrons. The number of rotatable bonds is 6. The van der Waals surface area contributed by atoms with Crippen molar-refractivity contribution >= 4 is 5.69 Å². The van der Waals surface area contributed by atoms with Crippen LogP contribution in [0.25, 0.3) is 0 Å². The molecule has 1 aromatic rings. The largest absolute Gasteiger partial charge is 0.367 e. The van der Waals surface area contributed by atoms with Gasteiger partial charge in [0.15, 0.2) is 0 Å². The van der Waals surface area contributed by atoms with Gasteiger partial charge in [0.1, 0.15) is 0 Å². The second-order valence-corrected chi connectivity index (χ2v) is 6.78. The summed E-state index contributed by atoms with van der Waals surface area (Å²) in [4.78, 5) is 9.52. The Hall–Kier alpha value is -1.13. The number of nitrogens with zero attached hydrogens (tertiary/aromatic N) is 3. The molecule has 0 spiro atoms. The zero-order chi connectivity index (χ0) is 14.7. The van der Waals surface area contributed by atoms with Crippen molar-refractivity contribution in [2.24, 2.45) is 5.92 Å². The Morgan fingerprint density at radius 2 is 2.00 bits per heavy atom. The minimum atomic E-state index is 0.692. The molecule has 3 rings (SSSR count). The maximum absolute atomic E-state index is 4.35. The highest BCUT2D eigenvalue weighted by atomic mass is 15.3. The van der Waals surface area contributed by atoms with Crippen molar-refractivity contribution in [1.82, 2.24) is 15.2 Å². The van der Waals surface area contributed by atoms with E-state index in [1.54, 1.807) is 0 Å². The third-order valence-electron chi connectivity index (χ3n) is 4.47. The molecule has 21 heavy (non-hydrogen) atoms. The minimum Gasteiger partial charge on any atom is -0.367 e. The van der Waals surface area contributed by atoms with Gasteiger partial charge in [0.05, 0.1) is 11.9 Å². The quantitative estimate of drug-likeness (QED) is 0.869. The lowest BCUT2D eigenvalue weighted by atomic mass is 10.1. The van der Waals surface area contributed by atoms with E-state index in [0.717, 1.165) is 32.2 Å². The standard InChI is InChI=1S/C17H28N4/c1-14(2)11-19-12-15-5-6-18-13-17(15)21-9-7-20(8-10-21)16-3-4-16/h5-6,13-14,16,19H,3-4,7-12H2,1-2H3. The van der Waals surface area contributed by atoms with Crippen molar-refractivity contribution in [3.8, 4) is 0 Å². The Bertz CT molecular complexity index is 448. The molecule has 0 bridgehead atoms. The van der Waals surface area contributed by atoms with Crippen LogP contribution < -0.4 is 10.2 Å². The van der Waals surface area contributed by atoms with Gasteiger partial charge in [-0.05, 0) is 36.9 Å². The molecule has 2 fully saturated rings. The van der Waals surface area contributed by atoms with Gasteiger partial charge in [-0.25, -0.2) is 0 Å². The van der Waals surface area contributed by atoms with Crippen molar-refractivity contribution in [1.29, 1.82) is 0 Å². The first-order chi connectivity index (χ1) is 10.2. The van der Waals surface area contributed by atoms with Crippen LogP contribution in [0.1, 0.15) is 32.3 Å². The topological polar surface area (TPSA) is 31.4 Å². The molecule has 1 N–H and O–H groups in total. The van der Waals surface area contributed by atoms with Gasteiger partial charge in [-0.1, -0.05) is 13.8 Å². The van der Waals surface area contributed by atoms with Crippen LogP contribution in [-0.2, 0) is 6.54 Å². The van der Waals surface area contributed by atoms with E-state index in [2.05, 4.69) is 40.0 Å². The van der Waals surface area contributed by atoms with Gasteiger partial charge in [-0.2, -0.15) is 0 Å². The summed E-state index contributed by atoms with van der Waals surface area (Å²) in [6, 6.07) is 3.06. The van der Waals surface area contributed by atoms with Crippen molar-refractivity contribution < 1.29 is 0 Å². The fraction of sp³-hybridized carbons (Fsp3) is 0.706. The van der Waals surface area contributed by atoms with Crippen molar-refractivity contribution in [2.75, 3.05) is 37.6 Å². The Morgan fingerprint density at radius 3 is 2.67 bits per heavy atom. The number of hydrogen-bond acceptors (Lipinski definition) is 4. The maximum atomic E-state index is 4.35. The second kappa shape index (κ2) is 6.75. The van der Waals surface area contributed by atoms with Crippen LogP contribution in [0, 0.1) is 5.92 Å². The van der Waals surface area contributed by atoms with E-state index in [0.29, 0.717) is 5.92 Å². The first kappa shape index (κ1) is 14.8. The molecular weight excluding hydrogens is 260 g/mol. The predicted molar refractivity (Wildman–Crippen MR) is 87.6 cm³/mol. The van der Waals surface area contributed by atoms with E-state index < -0.39 is 0 Å². The van der Waals surface area contributed by atoms with Crippen molar-refractivity contribution in [3.05, 3.63) is 24.0 Å². The molecule has 0 atom stereocenters. The minimum absolute atomic E-state index is 0.692. The average molecular weight is 288 g/mol. The molecular formula is C17H28N4. The van der Waals surface area contributed by atoms with E-state index in [1.807, 2.05) is 12.4 Å². The van der Waals surface area contributed by atoms with E-state index in [1.165, 1.54) is 37.2 Å². The van der Waals surface area contributed by atoms with Gasteiger partial charge in [0.2, 0.25) is 0 Å². The predicted octanol–water partition coefficient (Wildman–Crippen LogP) is 2.11. The summed E-state index contributed by atoms with van der Waals surface area (Å²) in [6.45, 7) is 11.2. The molecule has 4 heteroatoms. The zero-order valence-electron chi connectivity index (χ0n) is 13.4. The second-order valence-electron chi connectivity index (χ2n) is 6.78.